The number of hydrogen-bond donors (Lipinski definition) is 1. The zero-order chi connectivity index (χ0) is 14.1. The Hall–Kier alpha value is -1.91. The highest BCUT2D eigenvalue weighted by Crippen LogP contribution is 2.29. The van der Waals surface area contributed by atoms with Crippen LogP contribution in [0.15, 0.2) is 41.8 Å². The van der Waals surface area contributed by atoms with Gasteiger partial charge in [-0.25, -0.2) is 4.68 Å². The van der Waals surface area contributed by atoms with Gasteiger partial charge in [0, 0.05) is 6.54 Å². The Morgan fingerprint density at radius 2 is 2.05 bits per heavy atom. The fraction of sp³-hybridized carbons (Fsp3) is 0.188. The number of hydrogen-bond acceptors (Lipinski definition) is 3. The van der Waals surface area contributed by atoms with Crippen LogP contribution in [0, 0.1) is 13.8 Å². The van der Waals surface area contributed by atoms with Gasteiger partial charge in [-0.15, -0.1) is 11.3 Å². The molecule has 2 aromatic heterocycles. The van der Waals surface area contributed by atoms with Gasteiger partial charge in [0.05, 0.1) is 22.0 Å². The summed E-state index contributed by atoms with van der Waals surface area (Å²) in [7, 11) is 0. The summed E-state index contributed by atoms with van der Waals surface area (Å²) < 4.78 is 2.01. The smallest absolute Gasteiger partial charge is 0.0844 e. The maximum absolute atomic E-state index is 5.76. The van der Waals surface area contributed by atoms with Gasteiger partial charge >= 0.3 is 0 Å². The maximum Gasteiger partial charge on any atom is 0.0844 e. The summed E-state index contributed by atoms with van der Waals surface area (Å²) in [5, 5.41) is 6.74. The zero-order valence-electron chi connectivity index (χ0n) is 11.6. The van der Waals surface area contributed by atoms with Crippen molar-refractivity contribution in [3.8, 4) is 16.3 Å². The van der Waals surface area contributed by atoms with Gasteiger partial charge in [-0.2, -0.15) is 5.10 Å². The monoisotopic (exact) mass is 283 g/mol. The molecule has 0 aliphatic heterocycles. The molecular formula is C16H17N3S. The lowest BCUT2D eigenvalue weighted by atomic mass is 10.1. The quantitative estimate of drug-likeness (QED) is 0.797. The number of aromatic nitrogens is 2. The van der Waals surface area contributed by atoms with Gasteiger partial charge in [0.2, 0.25) is 0 Å². The van der Waals surface area contributed by atoms with Crippen molar-refractivity contribution in [2.45, 2.75) is 20.4 Å². The number of nitrogens with zero attached hydrogens (tertiary/aromatic N) is 2. The van der Waals surface area contributed by atoms with E-state index in [4.69, 9.17) is 5.73 Å². The van der Waals surface area contributed by atoms with Crippen LogP contribution in [0.25, 0.3) is 16.3 Å². The molecule has 20 heavy (non-hydrogen) atoms. The maximum atomic E-state index is 5.76. The molecule has 0 radical (unpaired) electrons. The van der Waals surface area contributed by atoms with Crippen molar-refractivity contribution in [3.05, 3.63) is 58.6 Å². The molecule has 0 saturated heterocycles. The van der Waals surface area contributed by atoms with Crippen LogP contribution in [0.1, 0.15) is 16.8 Å². The topological polar surface area (TPSA) is 43.8 Å². The van der Waals surface area contributed by atoms with Crippen molar-refractivity contribution >= 4 is 11.3 Å². The van der Waals surface area contributed by atoms with E-state index in [1.54, 1.807) is 11.3 Å². The van der Waals surface area contributed by atoms with E-state index >= 15 is 0 Å². The minimum absolute atomic E-state index is 0.455. The SMILES string of the molecule is Cc1cccc(-n2nc(CN)cc2-c2cccs2)c1C. The molecule has 0 bridgehead atoms. The molecular weight excluding hydrogens is 266 g/mol. The second-order valence-corrected chi connectivity index (χ2v) is 5.78. The Morgan fingerprint density at radius 3 is 2.75 bits per heavy atom. The van der Waals surface area contributed by atoms with Crippen LogP contribution in [-0.4, -0.2) is 9.78 Å². The van der Waals surface area contributed by atoms with Gasteiger partial charge < -0.3 is 5.73 Å². The minimum atomic E-state index is 0.455. The summed E-state index contributed by atoms with van der Waals surface area (Å²) in [5.41, 5.74) is 11.4. The first-order chi connectivity index (χ1) is 9.70. The fourth-order valence-corrected chi connectivity index (χ4v) is 3.01. The van der Waals surface area contributed by atoms with Crippen LogP contribution in [0.2, 0.25) is 0 Å². The Bertz CT molecular complexity index is 726. The Labute approximate surface area is 122 Å². The summed E-state index contributed by atoms with van der Waals surface area (Å²) >= 11 is 1.72. The van der Waals surface area contributed by atoms with Crippen molar-refractivity contribution < 1.29 is 0 Å². The molecule has 1 aromatic carbocycles. The van der Waals surface area contributed by atoms with Crippen LogP contribution >= 0.6 is 11.3 Å². The molecule has 3 rings (SSSR count). The molecule has 2 heterocycles. The first-order valence-corrected chi connectivity index (χ1v) is 7.48. The van der Waals surface area contributed by atoms with Gasteiger partial charge in [0.1, 0.15) is 0 Å². The molecule has 0 unspecified atom stereocenters. The standard InChI is InChI=1S/C16H17N3S/c1-11-5-3-6-14(12(11)2)19-15(9-13(10-17)18-19)16-7-4-8-20-16/h3-9H,10,17H2,1-2H3. The Morgan fingerprint density at radius 1 is 1.20 bits per heavy atom. The van der Waals surface area contributed by atoms with E-state index in [1.807, 2.05) is 4.68 Å². The van der Waals surface area contributed by atoms with E-state index in [2.05, 4.69) is 60.7 Å². The van der Waals surface area contributed by atoms with Crippen molar-refractivity contribution in [2.24, 2.45) is 5.73 Å². The molecule has 0 fully saturated rings. The van der Waals surface area contributed by atoms with Crippen LogP contribution in [-0.2, 0) is 6.54 Å². The number of thiophene rings is 1. The van der Waals surface area contributed by atoms with Crippen molar-refractivity contribution in [1.29, 1.82) is 0 Å². The molecule has 3 aromatic rings. The average molecular weight is 283 g/mol. The lowest BCUT2D eigenvalue weighted by molar-refractivity contribution is 0.833. The number of aryl methyl sites for hydroxylation is 1. The molecule has 102 valence electrons. The van der Waals surface area contributed by atoms with Gasteiger partial charge in [0.25, 0.3) is 0 Å². The number of nitrogens with two attached hydrogens (primary N) is 1. The third kappa shape index (κ3) is 2.17. The molecule has 0 atom stereocenters. The zero-order valence-corrected chi connectivity index (χ0v) is 12.4. The lowest BCUT2D eigenvalue weighted by Gasteiger charge is -2.11. The minimum Gasteiger partial charge on any atom is -0.325 e. The molecule has 0 aliphatic carbocycles. The summed E-state index contributed by atoms with van der Waals surface area (Å²) in [6.07, 6.45) is 0. The highest BCUT2D eigenvalue weighted by Gasteiger charge is 2.13. The van der Waals surface area contributed by atoms with E-state index in [9.17, 15) is 0 Å². The van der Waals surface area contributed by atoms with Gasteiger partial charge in [-0.1, -0.05) is 18.2 Å². The van der Waals surface area contributed by atoms with Crippen LogP contribution in [0.4, 0.5) is 0 Å². The molecule has 3 nitrogen and oxygen atoms in total. The summed E-state index contributed by atoms with van der Waals surface area (Å²) in [5.74, 6) is 0. The summed E-state index contributed by atoms with van der Waals surface area (Å²) in [4.78, 5) is 1.21. The van der Waals surface area contributed by atoms with Gasteiger partial charge in [-0.05, 0) is 48.6 Å². The van der Waals surface area contributed by atoms with Gasteiger partial charge in [0.15, 0.2) is 0 Å². The number of rotatable bonds is 3. The van der Waals surface area contributed by atoms with Crippen molar-refractivity contribution in [2.75, 3.05) is 0 Å². The molecule has 4 heteroatoms. The highest BCUT2D eigenvalue weighted by molar-refractivity contribution is 7.13. The normalized spacial score (nSPS) is 10.9. The molecule has 2 N–H and O–H groups in total. The largest absolute Gasteiger partial charge is 0.325 e. The van der Waals surface area contributed by atoms with E-state index in [0.29, 0.717) is 6.54 Å². The first-order valence-electron chi connectivity index (χ1n) is 6.60. The fourth-order valence-electron chi connectivity index (χ4n) is 2.28. The number of benzene rings is 1. The average Bonchev–Trinajstić information content (AvgIpc) is 3.09. The van der Waals surface area contributed by atoms with E-state index in [1.165, 1.54) is 16.0 Å². The summed E-state index contributed by atoms with van der Waals surface area (Å²) in [6, 6.07) is 12.5. The summed E-state index contributed by atoms with van der Waals surface area (Å²) in [6.45, 7) is 4.71. The molecule has 0 amide bonds. The van der Waals surface area contributed by atoms with E-state index in [-0.39, 0.29) is 0 Å². The molecule has 0 spiro atoms. The van der Waals surface area contributed by atoms with Crippen LogP contribution in [0.5, 0.6) is 0 Å². The molecule has 0 saturated carbocycles. The second kappa shape index (κ2) is 5.23. The van der Waals surface area contributed by atoms with Crippen LogP contribution in [0.3, 0.4) is 0 Å². The van der Waals surface area contributed by atoms with Crippen molar-refractivity contribution in [1.82, 2.24) is 9.78 Å². The second-order valence-electron chi connectivity index (χ2n) is 4.83. The van der Waals surface area contributed by atoms with E-state index < -0.39 is 0 Å². The highest BCUT2D eigenvalue weighted by atomic mass is 32.1. The van der Waals surface area contributed by atoms with Gasteiger partial charge in [-0.3, -0.25) is 0 Å². The third-order valence-electron chi connectivity index (χ3n) is 3.55. The van der Waals surface area contributed by atoms with Crippen molar-refractivity contribution in [3.63, 3.8) is 0 Å². The Kier molecular flexibility index (Phi) is 3.42. The first kappa shape index (κ1) is 13.1. The predicted molar refractivity (Wildman–Crippen MR) is 84.2 cm³/mol. The third-order valence-corrected chi connectivity index (χ3v) is 4.44. The predicted octanol–water partition coefficient (Wildman–Crippen LogP) is 3.68. The van der Waals surface area contributed by atoms with Crippen LogP contribution < -0.4 is 5.73 Å². The van der Waals surface area contributed by atoms with E-state index in [0.717, 1.165) is 17.1 Å². The molecule has 0 aliphatic rings. The Balaban J connectivity index is 2.23. The lowest BCUT2D eigenvalue weighted by Crippen LogP contribution is -2.04.